The van der Waals surface area contributed by atoms with Crippen LogP contribution in [0.2, 0.25) is 0 Å². The third-order valence-corrected chi connectivity index (χ3v) is 3.68. The molecule has 0 aliphatic carbocycles. The first-order valence-electron chi connectivity index (χ1n) is 4.85. The predicted molar refractivity (Wildman–Crippen MR) is 80.2 cm³/mol. The molecule has 1 amide bonds. The number of carbonyl (C=O) groups excluding carboxylic acids is 1. The van der Waals surface area contributed by atoms with Crippen LogP contribution < -0.4 is 5.73 Å². The molecule has 0 heterocycles. The van der Waals surface area contributed by atoms with Crippen molar-refractivity contribution in [2.75, 3.05) is 7.05 Å². The second kappa shape index (κ2) is 5.93. The number of amides is 1. The number of carbonyl (C=O) groups is 1. The van der Waals surface area contributed by atoms with Crippen LogP contribution in [0.25, 0.3) is 0 Å². The van der Waals surface area contributed by atoms with E-state index >= 15 is 0 Å². The largest absolute Gasteiger partial charge is 0.392 e. The number of rotatable bonds is 3. The number of hydrogen-bond acceptors (Lipinski definition) is 2. The maximum absolute atomic E-state index is 12.2. The second-order valence-electron chi connectivity index (χ2n) is 3.65. The van der Waals surface area contributed by atoms with Gasteiger partial charge in [0.05, 0.1) is 11.0 Å². The molecule has 0 fully saturated rings. The summed E-state index contributed by atoms with van der Waals surface area (Å²) in [5.74, 6) is -0.118. The third kappa shape index (κ3) is 3.76. The molecule has 0 saturated heterocycles. The van der Waals surface area contributed by atoms with Gasteiger partial charge in [-0.25, -0.2) is 0 Å². The van der Waals surface area contributed by atoms with E-state index in [-0.39, 0.29) is 11.9 Å². The molecule has 0 aromatic heterocycles. The van der Waals surface area contributed by atoms with Gasteiger partial charge in [0, 0.05) is 21.6 Å². The lowest BCUT2D eigenvalue weighted by molar-refractivity contribution is 0.0779. The number of nitrogens with two attached hydrogens (primary N) is 1. The van der Waals surface area contributed by atoms with Crippen LogP contribution in [0.15, 0.2) is 27.1 Å². The van der Waals surface area contributed by atoms with E-state index in [9.17, 15) is 4.79 Å². The summed E-state index contributed by atoms with van der Waals surface area (Å²) in [6, 6.07) is 5.12. The lowest BCUT2D eigenvalue weighted by Crippen LogP contribution is -2.42. The van der Waals surface area contributed by atoms with Gasteiger partial charge >= 0.3 is 0 Å². The molecule has 0 bridgehead atoms. The second-order valence-corrected chi connectivity index (χ2v) is 5.96. The zero-order valence-electron chi connectivity index (χ0n) is 9.41. The van der Waals surface area contributed by atoms with Crippen molar-refractivity contribution >= 4 is 55.0 Å². The van der Waals surface area contributed by atoms with Gasteiger partial charge in [-0.1, -0.05) is 44.1 Å². The molecule has 1 atom stereocenters. The molecule has 0 saturated carbocycles. The van der Waals surface area contributed by atoms with Crippen LogP contribution in [0.3, 0.4) is 0 Å². The first-order chi connectivity index (χ1) is 7.82. The standard InChI is InChI=1S/C11H12Br2N2OS/c1-6(10(14)17)15(2)11(16)7-3-8(12)5-9(13)4-7/h3-6H,1-2H3,(H2,14,17). The molecule has 2 N–H and O–H groups in total. The Morgan fingerprint density at radius 1 is 1.35 bits per heavy atom. The first kappa shape index (κ1) is 14.6. The van der Waals surface area contributed by atoms with Crippen molar-refractivity contribution < 1.29 is 4.79 Å². The predicted octanol–water partition coefficient (Wildman–Crippen LogP) is 2.96. The van der Waals surface area contributed by atoms with E-state index in [0.29, 0.717) is 10.6 Å². The van der Waals surface area contributed by atoms with Crippen molar-refractivity contribution in [3.8, 4) is 0 Å². The summed E-state index contributed by atoms with van der Waals surface area (Å²) in [6.45, 7) is 1.80. The molecule has 0 spiro atoms. The van der Waals surface area contributed by atoms with Crippen LogP contribution in [-0.2, 0) is 0 Å². The minimum atomic E-state index is -0.268. The van der Waals surface area contributed by atoms with Crippen molar-refractivity contribution in [3.05, 3.63) is 32.7 Å². The fourth-order valence-electron chi connectivity index (χ4n) is 1.25. The summed E-state index contributed by atoms with van der Waals surface area (Å²) in [6.07, 6.45) is 0. The van der Waals surface area contributed by atoms with Crippen LogP contribution in [0, 0.1) is 0 Å². The van der Waals surface area contributed by atoms with Gasteiger partial charge in [-0.15, -0.1) is 0 Å². The smallest absolute Gasteiger partial charge is 0.254 e. The van der Waals surface area contributed by atoms with E-state index < -0.39 is 0 Å². The number of benzene rings is 1. The maximum atomic E-state index is 12.2. The number of hydrogen-bond donors (Lipinski definition) is 1. The van der Waals surface area contributed by atoms with Gasteiger partial charge in [0.1, 0.15) is 0 Å². The number of likely N-dealkylation sites (N-methyl/N-ethyl adjacent to an activating group) is 1. The molecule has 6 heteroatoms. The Bertz CT molecular complexity index is 445. The summed E-state index contributed by atoms with van der Waals surface area (Å²) in [4.78, 5) is 14.0. The molecule has 1 rings (SSSR count). The third-order valence-electron chi connectivity index (χ3n) is 2.42. The zero-order chi connectivity index (χ0) is 13.2. The Kier molecular flexibility index (Phi) is 5.09. The summed E-state index contributed by atoms with van der Waals surface area (Å²) in [5, 5.41) is 0. The minimum Gasteiger partial charge on any atom is -0.392 e. The maximum Gasteiger partial charge on any atom is 0.254 e. The van der Waals surface area contributed by atoms with E-state index in [2.05, 4.69) is 31.9 Å². The molecule has 0 aliphatic heterocycles. The fraction of sp³-hybridized carbons (Fsp3) is 0.273. The molecule has 92 valence electrons. The number of thiocarbonyl (C=S) groups is 1. The highest BCUT2D eigenvalue weighted by Gasteiger charge is 2.19. The van der Waals surface area contributed by atoms with Crippen molar-refractivity contribution in [3.63, 3.8) is 0 Å². The molecule has 0 radical (unpaired) electrons. The average molecular weight is 380 g/mol. The van der Waals surface area contributed by atoms with E-state index in [0.717, 1.165) is 8.95 Å². The monoisotopic (exact) mass is 378 g/mol. The lowest BCUT2D eigenvalue weighted by Gasteiger charge is -2.24. The van der Waals surface area contributed by atoms with Crippen molar-refractivity contribution in [1.29, 1.82) is 0 Å². The highest BCUT2D eigenvalue weighted by atomic mass is 79.9. The van der Waals surface area contributed by atoms with Crippen LogP contribution >= 0.6 is 44.1 Å². The highest BCUT2D eigenvalue weighted by Crippen LogP contribution is 2.21. The average Bonchev–Trinajstić information content (AvgIpc) is 2.24. The summed E-state index contributed by atoms with van der Waals surface area (Å²) in [5.41, 5.74) is 6.11. The lowest BCUT2D eigenvalue weighted by atomic mass is 10.2. The van der Waals surface area contributed by atoms with E-state index in [1.807, 2.05) is 6.07 Å². The molecule has 1 aromatic carbocycles. The minimum absolute atomic E-state index is 0.118. The summed E-state index contributed by atoms with van der Waals surface area (Å²) >= 11 is 11.6. The van der Waals surface area contributed by atoms with Gasteiger partial charge in [-0.05, 0) is 25.1 Å². The molecule has 0 aliphatic rings. The highest BCUT2D eigenvalue weighted by molar-refractivity contribution is 9.11. The number of nitrogens with zero attached hydrogens (tertiary/aromatic N) is 1. The Morgan fingerprint density at radius 2 is 1.82 bits per heavy atom. The normalized spacial score (nSPS) is 12.0. The zero-order valence-corrected chi connectivity index (χ0v) is 13.4. The van der Waals surface area contributed by atoms with Crippen molar-refractivity contribution in [2.45, 2.75) is 13.0 Å². The SMILES string of the molecule is CC(C(N)=S)N(C)C(=O)c1cc(Br)cc(Br)c1. The van der Waals surface area contributed by atoms with Crippen molar-refractivity contribution in [2.24, 2.45) is 5.73 Å². The summed E-state index contributed by atoms with van der Waals surface area (Å²) < 4.78 is 1.68. The molecular formula is C11H12Br2N2OS. The van der Waals surface area contributed by atoms with Crippen LogP contribution in [0.5, 0.6) is 0 Å². The van der Waals surface area contributed by atoms with Gasteiger partial charge in [0.2, 0.25) is 0 Å². The van der Waals surface area contributed by atoms with E-state index in [4.69, 9.17) is 18.0 Å². The topological polar surface area (TPSA) is 46.3 Å². The van der Waals surface area contributed by atoms with Gasteiger partial charge in [-0.2, -0.15) is 0 Å². The van der Waals surface area contributed by atoms with Gasteiger partial charge in [-0.3, -0.25) is 4.79 Å². The molecular weight excluding hydrogens is 368 g/mol. The molecule has 3 nitrogen and oxygen atoms in total. The van der Waals surface area contributed by atoms with E-state index in [1.54, 1.807) is 26.1 Å². The quantitative estimate of drug-likeness (QED) is 0.821. The molecule has 17 heavy (non-hydrogen) atoms. The Balaban J connectivity index is 3.00. The number of halogens is 2. The molecule has 1 unspecified atom stereocenters. The summed E-state index contributed by atoms with van der Waals surface area (Å²) in [7, 11) is 1.68. The van der Waals surface area contributed by atoms with Crippen LogP contribution in [0.4, 0.5) is 0 Å². The fourth-order valence-corrected chi connectivity index (χ4v) is 2.70. The Labute approximate surface area is 123 Å². The van der Waals surface area contributed by atoms with Gasteiger partial charge < -0.3 is 10.6 Å². The first-order valence-corrected chi connectivity index (χ1v) is 6.85. The molecule has 1 aromatic rings. The van der Waals surface area contributed by atoms with E-state index in [1.165, 1.54) is 4.90 Å². The van der Waals surface area contributed by atoms with Gasteiger partial charge in [0.15, 0.2) is 0 Å². The Hall–Kier alpha value is -0.460. The van der Waals surface area contributed by atoms with Gasteiger partial charge in [0.25, 0.3) is 5.91 Å². The van der Waals surface area contributed by atoms with Crippen LogP contribution in [-0.4, -0.2) is 28.9 Å². The van der Waals surface area contributed by atoms with Crippen LogP contribution in [0.1, 0.15) is 17.3 Å². The Morgan fingerprint density at radius 3 is 2.24 bits per heavy atom. The van der Waals surface area contributed by atoms with Crippen molar-refractivity contribution in [1.82, 2.24) is 4.90 Å².